The van der Waals surface area contributed by atoms with Crippen LogP contribution in [0.15, 0.2) is 60.9 Å². The number of urea groups is 1. The van der Waals surface area contributed by atoms with Crippen molar-refractivity contribution in [3.05, 3.63) is 77.3 Å². The fourth-order valence-corrected chi connectivity index (χ4v) is 7.73. The third-order valence-corrected chi connectivity index (χ3v) is 10.9. The molecule has 2 aromatic carbocycles. The number of halogens is 4. The standard InChI is InChI=1S/C41H47ClF3N9O6/c1-22(2)35(51-40(58)59-6)38(56)54-20-23(3)15-32(54)36-48-19-31(49-36)26-9-7-25(8-10-26)28-16-29(42)30(17-33(28)60-41(43,44)45)50-37(55)27-11-12-34(47-18-27)53-14-13-52(21-24(53)4)39(57)46-5/h7-12,16-19,22-24,32,35H,13-15,20-21H2,1-6H3,(H,46,57)(H,48,49)(H,50,55)(H,51,58)/t23-,24+,32-,35-/m0/s1. The molecule has 60 heavy (non-hydrogen) atoms. The van der Waals surface area contributed by atoms with Gasteiger partial charge in [0.2, 0.25) is 5.91 Å². The third-order valence-electron chi connectivity index (χ3n) is 10.6. The first-order valence-electron chi connectivity index (χ1n) is 19.4. The zero-order valence-electron chi connectivity index (χ0n) is 33.9. The molecular weight excluding hydrogens is 807 g/mol. The Bertz CT molecular complexity index is 2200. The maximum Gasteiger partial charge on any atom is 0.573 e. The van der Waals surface area contributed by atoms with Crippen LogP contribution in [0.2, 0.25) is 5.02 Å². The van der Waals surface area contributed by atoms with Gasteiger partial charge in [-0.1, -0.05) is 56.6 Å². The first kappa shape index (κ1) is 43.5. The summed E-state index contributed by atoms with van der Waals surface area (Å²) in [5.74, 6) is -0.366. The van der Waals surface area contributed by atoms with Crippen molar-refractivity contribution in [3.63, 3.8) is 0 Å². The van der Waals surface area contributed by atoms with E-state index in [1.54, 1.807) is 59.4 Å². The molecule has 5 amide bonds. The predicted octanol–water partition coefficient (Wildman–Crippen LogP) is 7.08. The monoisotopic (exact) mass is 853 g/mol. The molecule has 0 radical (unpaired) electrons. The fourth-order valence-electron chi connectivity index (χ4n) is 7.52. The molecule has 0 bridgehead atoms. The van der Waals surface area contributed by atoms with E-state index in [0.29, 0.717) is 61.1 Å². The SMILES string of the molecule is CNC(=O)N1CCN(c2ccc(C(=O)Nc3cc(OC(F)(F)F)c(-c4ccc(-c5cnc([C@@H]6C[C@H](C)CN6C(=O)[C@@H](NC(=O)OC)C(C)C)[nH]5)cc4)cc3Cl)cn2)[C@H](C)C1. The topological polar surface area (TPSA) is 174 Å². The quantitative estimate of drug-likeness (QED) is 0.130. The van der Waals surface area contributed by atoms with Crippen molar-refractivity contribution in [2.45, 2.75) is 58.6 Å². The predicted molar refractivity (Wildman–Crippen MR) is 219 cm³/mol. The van der Waals surface area contributed by atoms with E-state index < -0.39 is 30.2 Å². The lowest BCUT2D eigenvalue weighted by molar-refractivity contribution is -0.274. The second-order valence-electron chi connectivity index (χ2n) is 15.2. The van der Waals surface area contributed by atoms with Crippen LogP contribution in [-0.2, 0) is 9.53 Å². The van der Waals surface area contributed by atoms with E-state index in [4.69, 9.17) is 16.3 Å². The Hall–Kier alpha value is -6.04. The highest BCUT2D eigenvalue weighted by atomic mass is 35.5. The number of aromatic amines is 1. The molecule has 2 aliphatic rings. The molecule has 4 aromatic rings. The Morgan fingerprint density at radius 3 is 2.30 bits per heavy atom. The Balaban J connectivity index is 1.18. The van der Waals surface area contributed by atoms with E-state index in [9.17, 15) is 32.3 Å². The van der Waals surface area contributed by atoms with Gasteiger partial charge in [0, 0.05) is 57.1 Å². The van der Waals surface area contributed by atoms with Gasteiger partial charge < -0.3 is 45.1 Å². The molecule has 0 aliphatic carbocycles. The molecule has 4 atom stereocenters. The minimum absolute atomic E-state index is 0.0261. The van der Waals surface area contributed by atoms with Crippen molar-refractivity contribution in [1.29, 1.82) is 0 Å². The number of alkyl carbamates (subject to hydrolysis) is 1. The number of benzene rings is 2. The second kappa shape index (κ2) is 18.1. The maximum absolute atomic E-state index is 13.7. The first-order chi connectivity index (χ1) is 28.5. The Morgan fingerprint density at radius 2 is 1.68 bits per heavy atom. The number of anilines is 2. The van der Waals surface area contributed by atoms with Crippen LogP contribution >= 0.6 is 11.6 Å². The number of carbonyl (C=O) groups excluding carboxylic acids is 4. The highest BCUT2D eigenvalue weighted by molar-refractivity contribution is 6.34. The van der Waals surface area contributed by atoms with Gasteiger partial charge in [0.05, 0.1) is 41.3 Å². The van der Waals surface area contributed by atoms with Crippen LogP contribution in [0.1, 0.15) is 56.3 Å². The van der Waals surface area contributed by atoms with Crippen molar-refractivity contribution in [2.75, 3.05) is 50.6 Å². The van der Waals surface area contributed by atoms with Gasteiger partial charge in [-0.2, -0.15) is 0 Å². The number of alkyl halides is 3. The number of amides is 5. The van der Waals surface area contributed by atoms with Crippen molar-refractivity contribution in [3.8, 4) is 28.1 Å². The number of H-pyrrole nitrogens is 1. The highest BCUT2D eigenvalue weighted by Crippen LogP contribution is 2.41. The number of piperazine rings is 1. The van der Waals surface area contributed by atoms with Gasteiger partial charge in [-0.3, -0.25) is 9.59 Å². The molecule has 0 spiro atoms. The third kappa shape index (κ3) is 9.86. The van der Waals surface area contributed by atoms with E-state index in [2.05, 4.69) is 35.6 Å². The number of hydrogen-bond acceptors (Lipinski definition) is 9. The van der Waals surface area contributed by atoms with Gasteiger partial charge in [0.15, 0.2) is 0 Å². The number of nitrogens with one attached hydrogen (secondary N) is 4. The minimum atomic E-state index is -5.06. The van der Waals surface area contributed by atoms with Gasteiger partial charge in [-0.05, 0) is 54.5 Å². The summed E-state index contributed by atoms with van der Waals surface area (Å²) in [5.41, 5.74) is 1.69. The lowest BCUT2D eigenvalue weighted by Gasteiger charge is -2.40. The number of likely N-dealkylation sites (tertiary alicyclic amines) is 1. The molecular formula is C41H47ClF3N9O6. The van der Waals surface area contributed by atoms with Crippen LogP contribution in [0.3, 0.4) is 0 Å². The number of hydrogen-bond donors (Lipinski definition) is 4. The van der Waals surface area contributed by atoms with E-state index in [-0.39, 0.29) is 57.7 Å². The van der Waals surface area contributed by atoms with Crippen molar-refractivity contribution >= 4 is 47.0 Å². The number of imidazole rings is 1. The molecule has 4 N–H and O–H groups in total. The molecule has 2 aromatic heterocycles. The zero-order chi connectivity index (χ0) is 43.5. The van der Waals surface area contributed by atoms with Crippen LogP contribution < -0.4 is 25.6 Å². The molecule has 15 nitrogen and oxygen atoms in total. The van der Waals surface area contributed by atoms with E-state index >= 15 is 0 Å². The summed E-state index contributed by atoms with van der Waals surface area (Å²) in [7, 11) is 2.81. The smallest absolute Gasteiger partial charge is 0.453 e. The Morgan fingerprint density at radius 1 is 0.967 bits per heavy atom. The molecule has 2 fully saturated rings. The van der Waals surface area contributed by atoms with E-state index in [1.165, 1.54) is 19.4 Å². The van der Waals surface area contributed by atoms with Crippen molar-refractivity contribution < 1.29 is 41.8 Å². The van der Waals surface area contributed by atoms with Gasteiger partial charge in [0.1, 0.15) is 23.4 Å². The van der Waals surface area contributed by atoms with E-state index in [0.717, 1.165) is 6.07 Å². The number of methoxy groups -OCH3 is 1. The van der Waals surface area contributed by atoms with E-state index in [1.807, 2.05) is 32.6 Å². The normalized spacial score (nSPS) is 18.6. The maximum atomic E-state index is 13.7. The summed E-state index contributed by atoms with van der Waals surface area (Å²) in [4.78, 5) is 68.8. The molecule has 0 saturated carbocycles. The fraction of sp³-hybridized carbons (Fsp3) is 0.415. The van der Waals surface area contributed by atoms with Gasteiger partial charge in [-0.15, -0.1) is 13.2 Å². The van der Waals surface area contributed by atoms with Crippen LogP contribution in [0.5, 0.6) is 5.75 Å². The molecule has 2 saturated heterocycles. The van der Waals surface area contributed by atoms with Crippen LogP contribution in [0.25, 0.3) is 22.4 Å². The summed E-state index contributed by atoms with van der Waals surface area (Å²) in [5, 5.41) is 7.80. The molecule has 4 heterocycles. The highest BCUT2D eigenvalue weighted by Gasteiger charge is 2.40. The molecule has 320 valence electrons. The Kier molecular flexibility index (Phi) is 13.1. The second-order valence-corrected chi connectivity index (χ2v) is 15.7. The van der Waals surface area contributed by atoms with Crippen LogP contribution in [0.4, 0.5) is 34.3 Å². The average Bonchev–Trinajstić information content (AvgIpc) is 3.87. The largest absolute Gasteiger partial charge is 0.573 e. The van der Waals surface area contributed by atoms with Gasteiger partial charge >= 0.3 is 18.5 Å². The molecule has 6 rings (SSSR count). The number of pyridine rings is 1. The summed E-state index contributed by atoms with van der Waals surface area (Å²) in [6.45, 7) is 9.64. The first-order valence-corrected chi connectivity index (χ1v) is 19.7. The van der Waals surface area contributed by atoms with Crippen molar-refractivity contribution in [1.82, 2.24) is 35.4 Å². The summed E-state index contributed by atoms with van der Waals surface area (Å²) in [6.07, 6.45) is -2.14. The summed E-state index contributed by atoms with van der Waals surface area (Å²) in [6, 6.07) is 10.7. The number of carbonyl (C=O) groups is 4. The van der Waals surface area contributed by atoms with Gasteiger partial charge in [0.25, 0.3) is 5.91 Å². The lowest BCUT2D eigenvalue weighted by Crippen LogP contribution is -2.55. The number of rotatable bonds is 10. The number of ether oxygens (including phenoxy) is 2. The zero-order valence-corrected chi connectivity index (χ0v) is 34.6. The van der Waals surface area contributed by atoms with Crippen molar-refractivity contribution in [2.24, 2.45) is 11.8 Å². The van der Waals surface area contributed by atoms with Crippen LogP contribution in [-0.4, -0.2) is 107 Å². The Labute approximate surface area is 350 Å². The number of nitrogens with zero attached hydrogens (tertiary/aromatic N) is 5. The molecule has 0 unspecified atom stereocenters. The lowest BCUT2D eigenvalue weighted by atomic mass is 10.0. The molecule has 2 aliphatic heterocycles. The minimum Gasteiger partial charge on any atom is -0.453 e. The van der Waals surface area contributed by atoms with Crippen LogP contribution in [0, 0.1) is 11.8 Å². The molecule has 19 heteroatoms. The summed E-state index contributed by atoms with van der Waals surface area (Å²) >= 11 is 6.57. The van der Waals surface area contributed by atoms with Gasteiger partial charge in [-0.25, -0.2) is 19.6 Å². The number of aromatic nitrogens is 3. The summed E-state index contributed by atoms with van der Waals surface area (Å²) < 4.78 is 50.4. The average molecular weight is 854 g/mol.